The molecule has 6 heteroatoms. The first kappa shape index (κ1) is 14.6. The SMILES string of the molecule is CCC1CCC(CNC(=O)c2nc[nH]c2C(=O)O)CC1. The monoisotopic (exact) mass is 279 g/mol. The van der Waals surface area contributed by atoms with Crippen LogP contribution in [0.3, 0.4) is 0 Å². The van der Waals surface area contributed by atoms with Gasteiger partial charge in [0.15, 0.2) is 11.4 Å². The Morgan fingerprint density at radius 3 is 2.60 bits per heavy atom. The molecule has 110 valence electrons. The summed E-state index contributed by atoms with van der Waals surface area (Å²) in [7, 11) is 0. The van der Waals surface area contributed by atoms with Crippen LogP contribution in [-0.2, 0) is 0 Å². The summed E-state index contributed by atoms with van der Waals surface area (Å²) in [6.07, 6.45) is 7.16. The van der Waals surface area contributed by atoms with E-state index in [0.29, 0.717) is 12.5 Å². The molecule has 1 fully saturated rings. The topological polar surface area (TPSA) is 95.1 Å². The Bertz CT molecular complexity index is 476. The molecule has 2 rings (SSSR count). The van der Waals surface area contributed by atoms with Crippen molar-refractivity contribution in [3.8, 4) is 0 Å². The number of nitrogens with zero attached hydrogens (tertiary/aromatic N) is 1. The number of aromatic nitrogens is 2. The van der Waals surface area contributed by atoms with Crippen molar-refractivity contribution in [1.29, 1.82) is 0 Å². The van der Waals surface area contributed by atoms with Gasteiger partial charge in [-0.25, -0.2) is 9.78 Å². The second-order valence-electron chi connectivity index (χ2n) is 5.44. The van der Waals surface area contributed by atoms with E-state index in [1.54, 1.807) is 0 Å². The average molecular weight is 279 g/mol. The third kappa shape index (κ3) is 3.37. The van der Waals surface area contributed by atoms with Crippen LogP contribution in [0.25, 0.3) is 0 Å². The van der Waals surface area contributed by atoms with Gasteiger partial charge in [-0.2, -0.15) is 0 Å². The molecule has 1 aromatic rings. The summed E-state index contributed by atoms with van der Waals surface area (Å²) in [6, 6.07) is 0. The number of imidazole rings is 1. The van der Waals surface area contributed by atoms with Gasteiger partial charge in [0, 0.05) is 6.54 Å². The van der Waals surface area contributed by atoms with Crippen LogP contribution in [-0.4, -0.2) is 33.5 Å². The van der Waals surface area contributed by atoms with Gasteiger partial charge < -0.3 is 15.4 Å². The third-order valence-corrected chi connectivity index (χ3v) is 4.16. The molecule has 1 amide bonds. The van der Waals surface area contributed by atoms with Crippen LogP contribution in [0.15, 0.2) is 6.33 Å². The molecular weight excluding hydrogens is 258 g/mol. The Morgan fingerprint density at radius 1 is 1.35 bits per heavy atom. The van der Waals surface area contributed by atoms with Crippen molar-refractivity contribution in [3.05, 3.63) is 17.7 Å². The molecule has 0 unspecified atom stereocenters. The summed E-state index contributed by atoms with van der Waals surface area (Å²) in [5.74, 6) is -0.266. The number of carboxylic acids is 1. The predicted octanol–water partition coefficient (Wildman–Crippen LogP) is 2.05. The molecule has 0 aliphatic heterocycles. The molecule has 1 aliphatic rings. The number of H-pyrrole nitrogens is 1. The minimum Gasteiger partial charge on any atom is -0.477 e. The van der Waals surface area contributed by atoms with Crippen molar-refractivity contribution in [3.63, 3.8) is 0 Å². The Balaban J connectivity index is 1.84. The van der Waals surface area contributed by atoms with Crippen LogP contribution >= 0.6 is 0 Å². The predicted molar refractivity (Wildman–Crippen MR) is 73.6 cm³/mol. The summed E-state index contributed by atoms with van der Waals surface area (Å²) >= 11 is 0. The fraction of sp³-hybridized carbons (Fsp3) is 0.643. The highest BCUT2D eigenvalue weighted by Crippen LogP contribution is 2.30. The number of hydrogen-bond acceptors (Lipinski definition) is 3. The first-order valence-electron chi connectivity index (χ1n) is 7.16. The van der Waals surface area contributed by atoms with Crippen LogP contribution in [0.2, 0.25) is 0 Å². The minimum absolute atomic E-state index is 0.0419. The summed E-state index contributed by atoms with van der Waals surface area (Å²) in [6.45, 7) is 2.82. The normalized spacial score (nSPS) is 22.4. The summed E-state index contributed by atoms with van der Waals surface area (Å²) in [5, 5.41) is 11.7. The van der Waals surface area contributed by atoms with E-state index in [1.165, 1.54) is 25.6 Å². The number of aromatic amines is 1. The van der Waals surface area contributed by atoms with Crippen molar-refractivity contribution < 1.29 is 14.7 Å². The molecule has 0 spiro atoms. The number of hydrogen-bond donors (Lipinski definition) is 3. The lowest BCUT2D eigenvalue weighted by atomic mass is 9.81. The largest absolute Gasteiger partial charge is 0.477 e. The second-order valence-corrected chi connectivity index (χ2v) is 5.44. The van der Waals surface area contributed by atoms with Crippen molar-refractivity contribution >= 4 is 11.9 Å². The molecule has 0 radical (unpaired) electrons. The minimum atomic E-state index is -1.17. The van der Waals surface area contributed by atoms with E-state index in [0.717, 1.165) is 18.8 Å². The molecule has 0 atom stereocenters. The standard InChI is InChI=1S/C14H21N3O3/c1-2-9-3-5-10(6-4-9)7-15-13(18)11-12(14(19)20)17-8-16-11/h8-10H,2-7H2,1H3,(H,15,18)(H,16,17)(H,19,20). The third-order valence-electron chi connectivity index (χ3n) is 4.16. The van der Waals surface area contributed by atoms with Gasteiger partial charge >= 0.3 is 5.97 Å². The van der Waals surface area contributed by atoms with Crippen molar-refractivity contribution in [1.82, 2.24) is 15.3 Å². The number of carboxylic acid groups (broad SMARTS) is 1. The van der Waals surface area contributed by atoms with E-state index in [-0.39, 0.29) is 11.4 Å². The van der Waals surface area contributed by atoms with Gasteiger partial charge in [0.25, 0.3) is 5.91 Å². The first-order chi connectivity index (χ1) is 9.61. The van der Waals surface area contributed by atoms with E-state index >= 15 is 0 Å². The number of rotatable bonds is 5. The van der Waals surface area contributed by atoms with Gasteiger partial charge in [0.1, 0.15) is 0 Å². The van der Waals surface area contributed by atoms with Gasteiger partial charge in [0.2, 0.25) is 0 Å². The fourth-order valence-corrected chi connectivity index (χ4v) is 2.79. The lowest BCUT2D eigenvalue weighted by Gasteiger charge is -2.27. The second kappa shape index (κ2) is 6.54. The Morgan fingerprint density at radius 2 is 2.00 bits per heavy atom. The maximum Gasteiger partial charge on any atom is 0.354 e. The molecule has 6 nitrogen and oxygen atoms in total. The van der Waals surface area contributed by atoms with Crippen LogP contribution in [0.5, 0.6) is 0 Å². The summed E-state index contributed by atoms with van der Waals surface area (Å²) < 4.78 is 0. The molecule has 1 saturated carbocycles. The maximum atomic E-state index is 11.9. The van der Waals surface area contributed by atoms with Crippen LogP contribution in [0.4, 0.5) is 0 Å². The van der Waals surface area contributed by atoms with Crippen LogP contribution < -0.4 is 5.32 Å². The first-order valence-corrected chi connectivity index (χ1v) is 7.16. The lowest BCUT2D eigenvalue weighted by Crippen LogP contribution is -2.32. The van der Waals surface area contributed by atoms with Gasteiger partial charge in [-0.05, 0) is 24.7 Å². The molecule has 1 heterocycles. The van der Waals surface area contributed by atoms with Crippen molar-refractivity contribution in [2.45, 2.75) is 39.0 Å². The molecular formula is C14H21N3O3. The highest BCUT2D eigenvalue weighted by molar-refractivity contribution is 6.02. The zero-order valence-corrected chi connectivity index (χ0v) is 11.7. The van der Waals surface area contributed by atoms with Gasteiger partial charge in [-0.1, -0.05) is 26.2 Å². The van der Waals surface area contributed by atoms with E-state index in [2.05, 4.69) is 22.2 Å². The van der Waals surface area contributed by atoms with E-state index in [9.17, 15) is 9.59 Å². The fourth-order valence-electron chi connectivity index (χ4n) is 2.79. The maximum absolute atomic E-state index is 11.9. The lowest BCUT2D eigenvalue weighted by molar-refractivity contribution is 0.0684. The number of carbonyl (C=O) groups is 2. The molecule has 1 aliphatic carbocycles. The van der Waals surface area contributed by atoms with Crippen LogP contribution in [0.1, 0.15) is 60.0 Å². The summed E-state index contributed by atoms with van der Waals surface area (Å²) in [5.41, 5.74) is -0.197. The highest BCUT2D eigenvalue weighted by atomic mass is 16.4. The molecule has 0 aromatic carbocycles. The Hall–Kier alpha value is -1.85. The quantitative estimate of drug-likeness (QED) is 0.768. The Kier molecular flexibility index (Phi) is 4.76. The molecule has 0 bridgehead atoms. The van der Waals surface area contributed by atoms with Gasteiger partial charge in [0.05, 0.1) is 6.33 Å². The number of nitrogens with one attached hydrogen (secondary N) is 2. The average Bonchev–Trinajstić information content (AvgIpc) is 2.95. The van der Waals surface area contributed by atoms with E-state index in [4.69, 9.17) is 5.11 Å². The molecule has 3 N–H and O–H groups in total. The van der Waals surface area contributed by atoms with Crippen molar-refractivity contribution in [2.24, 2.45) is 11.8 Å². The van der Waals surface area contributed by atoms with E-state index < -0.39 is 11.9 Å². The summed E-state index contributed by atoms with van der Waals surface area (Å²) in [4.78, 5) is 29.1. The number of carbonyl (C=O) groups excluding carboxylic acids is 1. The van der Waals surface area contributed by atoms with E-state index in [1.807, 2.05) is 0 Å². The van der Waals surface area contributed by atoms with Gasteiger partial charge in [-0.3, -0.25) is 4.79 Å². The van der Waals surface area contributed by atoms with Gasteiger partial charge in [-0.15, -0.1) is 0 Å². The molecule has 0 saturated heterocycles. The number of amides is 1. The zero-order chi connectivity index (χ0) is 14.5. The molecule has 20 heavy (non-hydrogen) atoms. The smallest absolute Gasteiger partial charge is 0.354 e. The zero-order valence-electron chi connectivity index (χ0n) is 11.7. The number of aromatic carboxylic acids is 1. The highest BCUT2D eigenvalue weighted by Gasteiger charge is 2.23. The Labute approximate surface area is 118 Å². The molecule has 1 aromatic heterocycles. The van der Waals surface area contributed by atoms with Crippen molar-refractivity contribution in [2.75, 3.05) is 6.54 Å². The van der Waals surface area contributed by atoms with Crippen LogP contribution in [0, 0.1) is 11.8 Å².